The van der Waals surface area contributed by atoms with Crippen molar-refractivity contribution in [1.29, 1.82) is 0 Å². The first-order valence-corrected chi connectivity index (χ1v) is 9.64. The second-order valence-electron chi connectivity index (χ2n) is 6.78. The largest absolute Gasteiger partial charge is 0.314 e. The Labute approximate surface area is 172 Å². The molecule has 1 aliphatic rings. The highest BCUT2D eigenvalue weighted by molar-refractivity contribution is 6.28. The van der Waals surface area contributed by atoms with Gasteiger partial charge in [0.2, 0.25) is 5.28 Å². The number of aromatic nitrogens is 7. The Morgan fingerprint density at radius 1 is 1.10 bits per heavy atom. The Morgan fingerprint density at radius 2 is 1.93 bits per heavy atom. The van der Waals surface area contributed by atoms with Crippen molar-refractivity contribution in [2.75, 3.05) is 4.90 Å². The predicted molar refractivity (Wildman–Crippen MR) is 109 cm³/mol. The van der Waals surface area contributed by atoms with E-state index < -0.39 is 0 Å². The van der Waals surface area contributed by atoms with Crippen molar-refractivity contribution in [1.82, 2.24) is 34.7 Å². The van der Waals surface area contributed by atoms with Crippen LogP contribution in [-0.2, 0) is 0 Å². The van der Waals surface area contributed by atoms with Gasteiger partial charge >= 0.3 is 0 Å². The van der Waals surface area contributed by atoms with Gasteiger partial charge in [0.25, 0.3) is 0 Å². The number of hydrogen-bond donors (Lipinski definition) is 0. The van der Waals surface area contributed by atoms with E-state index in [2.05, 4.69) is 54.1 Å². The van der Waals surface area contributed by atoms with Gasteiger partial charge in [-0.3, -0.25) is 4.57 Å². The van der Waals surface area contributed by atoms with E-state index in [0.717, 1.165) is 46.3 Å². The molecule has 0 bridgehead atoms. The molecular weight excluding hydrogens is 388 g/mol. The average Bonchev–Trinajstić information content (AvgIpc) is 3.22. The second kappa shape index (κ2) is 6.89. The molecule has 0 fully saturated rings. The molecule has 3 aromatic heterocycles. The van der Waals surface area contributed by atoms with E-state index in [1.54, 1.807) is 18.7 Å². The Morgan fingerprint density at radius 3 is 2.72 bits per heavy atom. The normalized spacial score (nSPS) is 15.1. The van der Waals surface area contributed by atoms with E-state index >= 15 is 0 Å². The van der Waals surface area contributed by atoms with Gasteiger partial charge in [0, 0.05) is 23.6 Å². The van der Waals surface area contributed by atoms with Crippen LogP contribution in [0, 0.1) is 6.92 Å². The molecule has 1 aromatic carbocycles. The minimum atomic E-state index is -0.0439. The van der Waals surface area contributed by atoms with Crippen LogP contribution in [0.5, 0.6) is 0 Å². The lowest BCUT2D eigenvalue weighted by Gasteiger charge is -2.37. The van der Waals surface area contributed by atoms with E-state index in [0.29, 0.717) is 0 Å². The number of nitrogens with zero attached hydrogens (tertiary/aromatic N) is 8. The van der Waals surface area contributed by atoms with Gasteiger partial charge in [0.05, 0.1) is 11.7 Å². The molecule has 5 rings (SSSR count). The van der Waals surface area contributed by atoms with Gasteiger partial charge < -0.3 is 4.90 Å². The first-order chi connectivity index (χ1) is 14.2. The van der Waals surface area contributed by atoms with Crippen LogP contribution in [0.4, 0.5) is 11.5 Å². The molecule has 9 heteroatoms. The summed E-state index contributed by atoms with van der Waals surface area (Å²) in [6.07, 6.45) is 7.64. The van der Waals surface area contributed by atoms with Crippen LogP contribution in [0.1, 0.15) is 30.9 Å². The maximum atomic E-state index is 6.25. The van der Waals surface area contributed by atoms with Gasteiger partial charge in [-0.2, -0.15) is 4.98 Å². The molecule has 1 unspecified atom stereocenters. The quantitative estimate of drug-likeness (QED) is 0.475. The minimum Gasteiger partial charge on any atom is -0.314 e. The molecule has 0 saturated carbocycles. The smallest absolute Gasteiger partial charge is 0.224 e. The molecule has 144 valence electrons. The fourth-order valence-electron chi connectivity index (χ4n) is 3.83. The lowest BCUT2D eigenvalue weighted by atomic mass is 10.0. The zero-order chi connectivity index (χ0) is 20.0. The van der Waals surface area contributed by atoms with Crippen molar-refractivity contribution in [3.8, 4) is 16.8 Å². The summed E-state index contributed by atoms with van der Waals surface area (Å²) in [6.45, 7) is 4.03. The Kier molecular flexibility index (Phi) is 4.21. The zero-order valence-corrected chi connectivity index (χ0v) is 16.6. The van der Waals surface area contributed by atoms with Crippen molar-refractivity contribution >= 4 is 23.1 Å². The van der Waals surface area contributed by atoms with Crippen LogP contribution >= 0.6 is 11.6 Å². The molecule has 0 spiro atoms. The summed E-state index contributed by atoms with van der Waals surface area (Å²) < 4.78 is 1.96. The molecule has 0 amide bonds. The number of fused-ring (bicyclic) bond motifs is 3. The maximum absolute atomic E-state index is 6.25. The lowest BCUT2D eigenvalue weighted by Crippen LogP contribution is -2.32. The molecule has 0 N–H and O–H groups in total. The minimum absolute atomic E-state index is 0.0439. The third kappa shape index (κ3) is 2.84. The van der Waals surface area contributed by atoms with Crippen LogP contribution in [0.2, 0.25) is 5.28 Å². The summed E-state index contributed by atoms with van der Waals surface area (Å²) in [4.78, 5) is 19.4. The van der Waals surface area contributed by atoms with E-state index in [4.69, 9.17) is 11.6 Å². The highest BCUT2D eigenvalue weighted by Gasteiger charge is 2.35. The van der Waals surface area contributed by atoms with Crippen molar-refractivity contribution in [3.05, 3.63) is 66.1 Å². The van der Waals surface area contributed by atoms with E-state index in [-0.39, 0.29) is 11.3 Å². The maximum Gasteiger partial charge on any atom is 0.224 e. The van der Waals surface area contributed by atoms with Gasteiger partial charge in [-0.05, 0) is 42.6 Å². The monoisotopic (exact) mass is 404 g/mol. The van der Waals surface area contributed by atoms with Crippen LogP contribution in [-0.4, -0.2) is 34.7 Å². The van der Waals surface area contributed by atoms with Crippen LogP contribution in [0.15, 0.2) is 49.3 Å². The zero-order valence-electron chi connectivity index (χ0n) is 15.9. The molecule has 0 aliphatic carbocycles. The molecule has 1 atom stereocenters. The van der Waals surface area contributed by atoms with Gasteiger partial charge in [0.15, 0.2) is 11.6 Å². The number of aryl methyl sites for hydroxylation is 1. The summed E-state index contributed by atoms with van der Waals surface area (Å²) >= 11 is 6.25. The first-order valence-electron chi connectivity index (χ1n) is 9.26. The molecular formula is C20H17ClN8. The summed E-state index contributed by atoms with van der Waals surface area (Å²) in [5.74, 6) is 1.59. The first kappa shape index (κ1) is 17.7. The molecule has 4 heterocycles. The predicted octanol–water partition coefficient (Wildman–Crippen LogP) is 4.08. The van der Waals surface area contributed by atoms with Crippen LogP contribution in [0.3, 0.4) is 0 Å². The highest BCUT2D eigenvalue weighted by Crippen LogP contribution is 2.44. The Hall–Kier alpha value is -3.39. The molecule has 0 saturated heterocycles. The van der Waals surface area contributed by atoms with Crippen molar-refractivity contribution in [2.45, 2.75) is 26.3 Å². The third-order valence-corrected chi connectivity index (χ3v) is 5.24. The lowest BCUT2D eigenvalue weighted by molar-refractivity contribution is 0.588. The van der Waals surface area contributed by atoms with Crippen LogP contribution < -0.4 is 4.90 Å². The molecule has 1 aliphatic heterocycles. The fourth-order valence-corrected chi connectivity index (χ4v) is 4.03. The van der Waals surface area contributed by atoms with Crippen molar-refractivity contribution < 1.29 is 0 Å². The van der Waals surface area contributed by atoms with Gasteiger partial charge in [-0.25, -0.2) is 15.0 Å². The summed E-state index contributed by atoms with van der Waals surface area (Å²) in [5, 5.41) is 8.74. The number of halogens is 1. The fraction of sp³-hybridized carbons (Fsp3) is 0.200. The van der Waals surface area contributed by atoms with E-state index in [9.17, 15) is 0 Å². The summed E-state index contributed by atoms with van der Waals surface area (Å²) in [6, 6.07) is 8.16. The Bertz CT molecular complexity index is 1190. The Balaban J connectivity index is 1.73. The number of hydrogen-bond acceptors (Lipinski definition) is 7. The van der Waals surface area contributed by atoms with Gasteiger partial charge in [-0.15, -0.1) is 10.2 Å². The third-order valence-electron chi connectivity index (χ3n) is 5.07. The second-order valence-corrected chi connectivity index (χ2v) is 7.12. The van der Waals surface area contributed by atoms with Gasteiger partial charge in [-0.1, -0.05) is 19.1 Å². The van der Waals surface area contributed by atoms with Crippen LogP contribution in [0.25, 0.3) is 16.8 Å². The topological polar surface area (TPSA) is 85.5 Å². The molecule has 4 aromatic rings. The van der Waals surface area contributed by atoms with Gasteiger partial charge in [0.1, 0.15) is 18.3 Å². The standard InChI is InChI=1S/C20H17ClN8/c1-3-16-18-27-24-11-28(18)17-12(2)25-20(21)26-19(17)29(16)15-6-4-5-13(7-15)14-8-22-10-23-9-14/h4-11,16H,3H2,1-2H3. The number of anilines is 2. The number of rotatable bonds is 3. The SMILES string of the molecule is CCC1c2nncn2-c2c(C)nc(Cl)nc2N1c1cccc(-c2cncnc2)c1. The molecule has 8 nitrogen and oxygen atoms in total. The van der Waals surface area contributed by atoms with Crippen molar-refractivity contribution in [3.63, 3.8) is 0 Å². The molecule has 29 heavy (non-hydrogen) atoms. The highest BCUT2D eigenvalue weighted by atomic mass is 35.5. The molecule has 0 radical (unpaired) electrons. The number of benzene rings is 1. The van der Waals surface area contributed by atoms with E-state index in [1.807, 2.05) is 23.6 Å². The van der Waals surface area contributed by atoms with E-state index in [1.165, 1.54) is 6.33 Å². The summed E-state index contributed by atoms with van der Waals surface area (Å²) in [7, 11) is 0. The van der Waals surface area contributed by atoms with Crippen molar-refractivity contribution in [2.24, 2.45) is 0 Å². The summed E-state index contributed by atoms with van der Waals surface area (Å²) in [5.41, 5.74) is 4.55. The average molecular weight is 405 g/mol.